The number of ether oxygens (including phenoxy) is 2. The highest BCUT2D eigenvalue weighted by atomic mass is 32.2. The van der Waals surface area contributed by atoms with E-state index in [4.69, 9.17) is 14.0 Å². The molecule has 43 heavy (non-hydrogen) atoms. The van der Waals surface area contributed by atoms with Crippen LogP contribution in [0.25, 0.3) is 0 Å². The Morgan fingerprint density at radius 1 is 1.00 bits per heavy atom. The number of aromatic nitrogens is 2. The second-order valence-electron chi connectivity index (χ2n) is 9.34. The summed E-state index contributed by atoms with van der Waals surface area (Å²) in [6.07, 6.45) is -0.818. The molecule has 0 bridgehead atoms. The van der Waals surface area contributed by atoms with Crippen LogP contribution in [-0.2, 0) is 33.9 Å². The van der Waals surface area contributed by atoms with E-state index in [9.17, 15) is 34.6 Å². The van der Waals surface area contributed by atoms with Gasteiger partial charge >= 0.3 is 12.2 Å². The van der Waals surface area contributed by atoms with Gasteiger partial charge < -0.3 is 19.3 Å². The smallest absolute Gasteiger partial charge is 0.410 e. The van der Waals surface area contributed by atoms with E-state index in [1.54, 1.807) is 0 Å². The van der Waals surface area contributed by atoms with Crippen molar-refractivity contribution in [3.05, 3.63) is 91.6 Å². The largest absolute Gasteiger partial charge is 0.445 e. The molecule has 1 aliphatic rings. The SMILES string of the molecule is CC(=O)S[C@H]1C[C@@H](c2nc(CCNC(=O)OCc3ccc([N+](=O)[O-])cc3)no2)N(C(=O)OCc2ccc([N+](=O)[O-])cc2)C1. The monoisotopic (exact) mass is 614 g/mol. The molecule has 2 heterocycles. The van der Waals surface area contributed by atoms with Crippen LogP contribution < -0.4 is 5.32 Å². The first-order valence-electron chi connectivity index (χ1n) is 12.9. The Morgan fingerprint density at radius 2 is 1.58 bits per heavy atom. The zero-order chi connectivity index (χ0) is 30.9. The number of hydrogen-bond acceptors (Lipinski definition) is 13. The molecule has 0 unspecified atom stereocenters. The molecule has 4 rings (SSSR count). The fourth-order valence-electron chi connectivity index (χ4n) is 4.19. The van der Waals surface area contributed by atoms with Gasteiger partial charge in [0.2, 0.25) is 5.89 Å². The van der Waals surface area contributed by atoms with Crippen LogP contribution in [0.4, 0.5) is 21.0 Å². The predicted octanol–water partition coefficient (Wildman–Crippen LogP) is 4.09. The van der Waals surface area contributed by atoms with Crippen LogP contribution in [0.3, 0.4) is 0 Å². The van der Waals surface area contributed by atoms with Crippen molar-refractivity contribution in [2.45, 2.75) is 44.3 Å². The number of amides is 2. The fourth-order valence-corrected chi connectivity index (χ4v) is 5.17. The van der Waals surface area contributed by atoms with E-state index in [0.29, 0.717) is 17.5 Å². The summed E-state index contributed by atoms with van der Waals surface area (Å²) < 4.78 is 15.9. The van der Waals surface area contributed by atoms with E-state index in [2.05, 4.69) is 15.5 Å². The summed E-state index contributed by atoms with van der Waals surface area (Å²) in [6.45, 7) is 1.56. The van der Waals surface area contributed by atoms with Crippen molar-refractivity contribution in [2.75, 3.05) is 13.1 Å². The van der Waals surface area contributed by atoms with Crippen LogP contribution >= 0.6 is 11.8 Å². The van der Waals surface area contributed by atoms with Gasteiger partial charge in [0.25, 0.3) is 11.4 Å². The summed E-state index contributed by atoms with van der Waals surface area (Å²) in [5.41, 5.74) is 0.987. The van der Waals surface area contributed by atoms with E-state index in [1.807, 2.05) is 0 Å². The number of carbonyl (C=O) groups is 3. The van der Waals surface area contributed by atoms with Gasteiger partial charge in [-0.15, -0.1) is 0 Å². The van der Waals surface area contributed by atoms with Gasteiger partial charge in [0.1, 0.15) is 19.3 Å². The molecule has 17 heteroatoms. The molecule has 2 aromatic carbocycles. The molecule has 2 amide bonds. The average Bonchev–Trinajstić information content (AvgIpc) is 3.62. The highest BCUT2D eigenvalue weighted by Crippen LogP contribution is 2.37. The average molecular weight is 615 g/mol. The summed E-state index contributed by atoms with van der Waals surface area (Å²) in [4.78, 5) is 63.0. The van der Waals surface area contributed by atoms with Crippen LogP contribution in [0, 0.1) is 20.2 Å². The minimum atomic E-state index is -0.705. The van der Waals surface area contributed by atoms with Crippen molar-refractivity contribution in [3.8, 4) is 0 Å². The molecule has 1 fully saturated rings. The van der Waals surface area contributed by atoms with Crippen LogP contribution in [0.1, 0.15) is 42.2 Å². The topological polar surface area (TPSA) is 210 Å². The normalized spacial score (nSPS) is 16.0. The minimum Gasteiger partial charge on any atom is -0.445 e. The molecular formula is C26H26N6O10S. The van der Waals surface area contributed by atoms with Gasteiger partial charge in [-0.1, -0.05) is 16.9 Å². The highest BCUT2D eigenvalue weighted by molar-refractivity contribution is 8.14. The molecule has 1 N–H and O–H groups in total. The molecule has 0 radical (unpaired) electrons. The zero-order valence-corrected chi connectivity index (χ0v) is 23.6. The maximum absolute atomic E-state index is 13.0. The molecular weight excluding hydrogens is 588 g/mol. The Bertz CT molecular complexity index is 1480. The highest BCUT2D eigenvalue weighted by Gasteiger charge is 2.41. The zero-order valence-electron chi connectivity index (χ0n) is 22.7. The number of nitro benzene ring substituents is 2. The van der Waals surface area contributed by atoms with Crippen molar-refractivity contribution in [1.29, 1.82) is 0 Å². The van der Waals surface area contributed by atoms with Gasteiger partial charge in [-0.2, -0.15) is 4.98 Å². The number of alkyl carbamates (subject to hydrolysis) is 1. The summed E-state index contributed by atoms with van der Waals surface area (Å²) in [5, 5.41) is 27.7. The van der Waals surface area contributed by atoms with Crippen molar-refractivity contribution < 1.29 is 38.2 Å². The van der Waals surface area contributed by atoms with Crippen LogP contribution in [0.2, 0.25) is 0 Å². The van der Waals surface area contributed by atoms with E-state index in [-0.39, 0.29) is 66.2 Å². The maximum Gasteiger partial charge on any atom is 0.410 e. The first-order chi connectivity index (χ1) is 20.6. The molecule has 0 aliphatic carbocycles. The van der Waals surface area contributed by atoms with Crippen LogP contribution in [-0.4, -0.2) is 60.5 Å². The Balaban J connectivity index is 1.29. The van der Waals surface area contributed by atoms with Gasteiger partial charge in [-0.25, -0.2) is 9.59 Å². The van der Waals surface area contributed by atoms with Crippen molar-refractivity contribution in [3.63, 3.8) is 0 Å². The van der Waals surface area contributed by atoms with E-state index >= 15 is 0 Å². The fraction of sp³-hybridized carbons (Fsp3) is 0.346. The van der Waals surface area contributed by atoms with Gasteiger partial charge in [-0.05, 0) is 41.8 Å². The number of rotatable bonds is 11. The third kappa shape index (κ3) is 8.71. The Kier molecular flexibility index (Phi) is 10.2. The van der Waals surface area contributed by atoms with Crippen LogP contribution in [0.15, 0.2) is 53.1 Å². The third-order valence-corrected chi connectivity index (χ3v) is 7.25. The number of nitro groups is 2. The number of non-ortho nitro benzene ring substituents is 2. The Labute approximate surface area is 248 Å². The number of carbonyl (C=O) groups excluding carboxylic acids is 3. The summed E-state index contributed by atoms with van der Waals surface area (Å²) >= 11 is 1.10. The lowest BCUT2D eigenvalue weighted by Crippen LogP contribution is -2.32. The molecule has 1 saturated heterocycles. The lowest BCUT2D eigenvalue weighted by molar-refractivity contribution is -0.385. The van der Waals surface area contributed by atoms with Gasteiger partial charge in [-0.3, -0.25) is 29.9 Å². The van der Waals surface area contributed by atoms with E-state index < -0.39 is 28.1 Å². The number of likely N-dealkylation sites (tertiary alicyclic amines) is 1. The summed E-state index contributed by atoms with van der Waals surface area (Å²) in [5.74, 6) is 0.419. The van der Waals surface area contributed by atoms with Crippen molar-refractivity contribution in [2.24, 2.45) is 0 Å². The molecule has 1 aliphatic heterocycles. The van der Waals surface area contributed by atoms with Crippen LogP contribution in [0.5, 0.6) is 0 Å². The molecule has 226 valence electrons. The van der Waals surface area contributed by atoms with E-state index in [0.717, 1.165) is 11.8 Å². The van der Waals surface area contributed by atoms with Gasteiger partial charge in [0.05, 0.1) is 9.85 Å². The molecule has 3 aromatic rings. The number of thioether (sulfide) groups is 1. The Hall–Kier alpha value is -5.06. The standard InChI is InChI=1S/C26H26N6O10S/c1-16(33)43-21-12-22(30(13-21)26(35)41-15-18-4-8-20(9-5-18)32(38)39)24-28-23(29-42-24)10-11-27-25(34)40-14-17-2-6-19(7-3-17)31(36)37/h2-9,21-22H,10-15H2,1H3,(H,27,34)/t21-,22-/m0/s1. The van der Waals surface area contributed by atoms with Gasteiger partial charge in [0.15, 0.2) is 10.9 Å². The first kappa shape index (κ1) is 30.9. The third-order valence-electron chi connectivity index (χ3n) is 6.24. The lowest BCUT2D eigenvalue weighted by Gasteiger charge is -2.21. The first-order valence-corrected chi connectivity index (χ1v) is 13.8. The maximum atomic E-state index is 13.0. The van der Waals surface area contributed by atoms with Crippen molar-refractivity contribution in [1.82, 2.24) is 20.4 Å². The number of benzene rings is 2. The lowest BCUT2D eigenvalue weighted by atomic mass is 10.2. The number of nitrogens with zero attached hydrogens (tertiary/aromatic N) is 5. The number of nitrogens with one attached hydrogen (secondary N) is 1. The summed E-state index contributed by atoms with van der Waals surface area (Å²) in [6, 6.07) is 10.6. The van der Waals surface area contributed by atoms with E-state index in [1.165, 1.54) is 60.4 Å². The molecule has 0 spiro atoms. The summed E-state index contributed by atoms with van der Waals surface area (Å²) in [7, 11) is 0. The number of hydrogen-bond donors (Lipinski definition) is 1. The molecule has 0 saturated carbocycles. The van der Waals surface area contributed by atoms with Crippen molar-refractivity contribution >= 4 is 40.4 Å². The quantitative estimate of drug-likeness (QED) is 0.238. The Morgan fingerprint density at radius 3 is 2.14 bits per heavy atom. The molecule has 2 atom stereocenters. The predicted molar refractivity (Wildman–Crippen MR) is 149 cm³/mol. The minimum absolute atomic E-state index is 0.0688. The second-order valence-corrected chi connectivity index (χ2v) is 10.8. The van der Waals surface area contributed by atoms with Gasteiger partial charge in [0, 0.05) is 55.9 Å². The second kappa shape index (κ2) is 14.2. The molecule has 16 nitrogen and oxygen atoms in total. The molecule has 1 aromatic heterocycles.